The second kappa shape index (κ2) is 10.5. The van der Waals surface area contributed by atoms with Gasteiger partial charge in [-0.05, 0) is 58.7 Å². The molecule has 0 saturated carbocycles. The molecule has 8 heteroatoms. The number of rotatable bonds is 6. The van der Waals surface area contributed by atoms with Gasteiger partial charge in [0, 0.05) is 62.2 Å². The Morgan fingerprint density at radius 3 is 1.97 bits per heavy atom. The number of nitrogens with zero attached hydrogens (tertiary/aromatic N) is 2. The van der Waals surface area contributed by atoms with E-state index in [1.54, 1.807) is 12.1 Å². The summed E-state index contributed by atoms with van der Waals surface area (Å²) < 4.78 is 27.6. The summed E-state index contributed by atoms with van der Waals surface area (Å²) in [6.07, 6.45) is 1.25. The Balaban J connectivity index is 1.31. The minimum absolute atomic E-state index is 0.0653. The van der Waals surface area contributed by atoms with E-state index in [2.05, 4.69) is 27.2 Å². The van der Waals surface area contributed by atoms with E-state index in [4.69, 9.17) is 23.2 Å². The second-order valence-electron chi connectivity index (χ2n) is 9.66. The zero-order valence-electron chi connectivity index (χ0n) is 19.7. The molecule has 4 nitrogen and oxygen atoms in total. The lowest BCUT2D eigenvalue weighted by molar-refractivity contribution is -0.135. The van der Waals surface area contributed by atoms with Gasteiger partial charge in [0.05, 0.1) is 0 Å². The van der Waals surface area contributed by atoms with Crippen molar-refractivity contribution in [3.05, 3.63) is 105 Å². The van der Waals surface area contributed by atoms with Crippen LogP contribution in [0.5, 0.6) is 0 Å². The number of benzene rings is 3. The average molecular weight is 530 g/mol. The highest BCUT2D eigenvalue weighted by atomic mass is 35.5. The normalized spacial score (nSPS) is 17.7. The molecule has 5 rings (SSSR count). The van der Waals surface area contributed by atoms with Crippen LogP contribution in [0.1, 0.15) is 22.3 Å². The third kappa shape index (κ3) is 5.42. The molecule has 0 atom stereocenters. The molecule has 1 aliphatic carbocycles. The van der Waals surface area contributed by atoms with E-state index in [9.17, 15) is 13.6 Å². The zero-order chi connectivity index (χ0) is 25.3. The molecular formula is C28H27Cl2F2N3O. The average Bonchev–Trinajstić information content (AvgIpc) is 3.23. The van der Waals surface area contributed by atoms with Gasteiger partial charge in [-0.15, -0.1) is 0 Å². The van der Waals surface area contributed by atoms with Crippen molar-refractivity contribution in [1.29, 1.82) is 0 Å². The van der Waals surface area contributed by atoms with Crippen molar-refractivity contribution in [1.82, 2.24) is 15.1 Å². The number of carbonyl (C=O) groups is 1. The van der Waals surface area contributed by atoms with Crippen molar-refractivity contribution in [3.8, 4) is 0 Å². The van der Waals surface area contributed by atoms with Gasteiger partial charge < -0.3 is 5.32 Å². The van der Waals surface area contributed by atoms with Crippen LogP contribution in [0.25, 0.3) is 0 Å². The van der Waals surface area contributed by atoms with Crippen LogP contribution in [-0.4, -0.2) is 47.4 Å². The third-order valence-electron chi connectivity index (χ3n) is 7.19. The monoisotopic (exact) mass is 529 g/mol. The number of piperazine rings is 1. The summed E-state index contributed by atoms with van der Waals surface area (Å²) >= 11 is 12.0. The molecule has 1 saturated heterocycles. The number of carbonyl (C=O) groups excluding carboxylic acids is 1. The number of nitrogens with one attached hydrogen (secondary N) is 1. The van der Waals surface area contributed by atoms with Crippen LogP contribution in [0, 0.1) is 11.6 Å². The molecule has 1 N–H and O–H groups in total. The molecule has 36 heavy (non-hydrogen) atoms. The van der Waals surface area contributed by atoms with Crippen LogP contribution in [-0.2, 0) is 30.7 Å². The lowest BCUT2D eigenvalue weighted by atomic mass is 9.90. The Morgan fingerprint density at radius 2 is 1.39 bits per heavy atom. The first kappa shape index (κ1) is 25.2. The zero-order valence-corrected chi connectivity index (χ0v) is 21.3. The molecule has 1 fully saturated rings. The molecule has 188 valence electrons. The SMILES string of the molecule is O=C(NCc1cc(F)cc(Cl)c1)C1(N2CCN(Cc3cc(F)cc(Cl)c3)CC2)Cc2ccccc2C1. The smallest absolute Gasteiger partial charge is 0.241 e. The third-order valence-corrected chi connectivity index (χ3v) is 7.62. The van der Waals surface area contributed by atoms with Crippen LogP contribution in [0.3, 0.4) is 0 Å². The van der Waals surface area contributed by atoms with E-state index < -0.39 is 11.4 Å². The number of hydrogen-bond donors (Lipinski definition) is 1. The predicted molar refractivity (Wildman–Crippen MR) is 138 cm³/mol. The highest BCUT2D eigenvalue weighted by Crippen LogP contribution is 2.36. The summed E-state index contributed by atoms with van der Waals surface area (Å²) in [7, 11) is 0. The van der Waals surface area contributed by atoms with Gasteiger partial charge in [0.15, 0.2) is 0 Å². The van der Waals surface area contributed by atoms with Gasteiger partial charge in [0.25, 0.3) is 0 Å². The van der Waals surface area contributed by atoms with Gasteiger partial charge in [-0.25, -0.2) is 8.78 Å². The molecule has 2 aliphatic rings. The number of halogens is 4. The maximum Gasteiger partial charge on any atom is 0.241 e. The van der Waals surface area contributed by atoms with Crippen LogP contribution in [0.4, 0.5) is 8.78 Å². The van der Waals surface area contributed by atoms with Crippen molar-refractivity contribution in [3.63, 3.8) is 0 Å². The quantitative estimate of drug-likeness (QED) is 0.474. The fraction of sp³-hybridized carbons (Fsp3) is 0.321. The van der Waals surface area contributed by atoms with Crippen molar-refractivity contribution < 1.29 is 13.6 Å². The number of amides is 1. The molecule has 1 heterocycles. The number of hydrogen-bond acceptors (Lipinski definition) is 3. The van der Waals surface area contributed by atoms with Crippen LogP contribution in [0.2, 0.25) is 10.0 Å². The van der Waals surface area contributed by atoms with Crippen molar-refractivity contribution >= 4 is 29.1 Å². The second-order valence-corrected chi connectivity index (χ2v) is 10.5. The van der Waals surface area contributed by atoms with Gasteiger partial charge in [0.2, 0.25) is 5.91 Å². The summed E-state index contributed by atoms with van der Waals surface area (Å²) in [5.74, 6) is -0.829. The largest absolute Gasteiger partial charge is 0.350 e. The lowest BCUT2D eigenvalue weighted by Gasteiger charge is -2.45. The van der Waals surface area contributed by atoms with E-state index >= 15 is 0 Å². The van der Waals surface area contributed by atoms with E-state index in [0.717, 1.165) is 18.7 Å². The van der Waals surface area contributed by atoms with Gasteiger partial charge in [-0.3, -0.25) is 14.6 Å². The standard InChI is InChI=1S/C28H27Cl2F2N3O/c29-23-9-19(11-25(31)13-23)17-33-27(36)28(15-21-3-1-2-4-22(21)16-28)35-7-5-34(6-8-35)18-20-10-24(30)14-26(32)12-20/h1-4,9-14H,5-8,15-18H2,(H,33,36). The Bertz CT molecular complexity index is 1210. The van der Waals surface area contributed by atoms with Crippen LogP contribution in [0.15, 0.2) is 60.7 Å². The van der Waals surface area contributed by atoms with Crippen molar-refractivity contribution in [2.45, 2.75) is 31.5 Å². The highest BCUT2D eigenvalue weighted by Gasteiger charge is 2.48. The summed E-state index contributed by atoms with van der Waals surface area (Å²) in [6.45, 7) is 3.71. The molecule has 0 bridgehead atoms. The fourth-order valence-electron chi connectivity index (χ4n) is 5.48. The molecule has 1 amide bonds. The molecular weight excluding hydrogens is 503 g/mol. The predicted octanol–water partition coefficient (Wildman–Crippen LogP) is 5.24. The lowest BCUT2D eigenvalue weighted by Crippen LogP contribution is -2.64. The highest BCUT2D eigenvalue weighted by molar-refractivity contribution is 6.30. The Labute approximate surface area is 219 Å². The number of fused-ring (bicyclic) bond motifs is 1. The van der Waals surface area contributed by atoms with E-state index in [1.165, 1.54) is 35.4 Å². The van der Waals surface area contributed by atoms with Crippen molar-refractivity contribution in [2.24, 2.45) is 0 Å². The summed E-state index contributed by atoms with van der Waals surface area (Å²) in [5, 5.41) is 3.75. The summed E-state index contributed by atoms with van der Waals surface area (Å²) in [4.78, 5) is 18.3. The molecule has 0 aromatic heterocycles. The maximum absolute atomic E-state index is 13.8. The first-order valence-corrected chi connectivity index (χ1v) is 12.8. The fourth-order valence-corrected chi connectivity index (χ4v) is 5.97. The Morgan fingerprint density at radius 1 is 0.833 bits per heavy atom. The Kier molecular flexibility index (Phi) is 7.31. The van der Waals surface area contributed by atoms with E-state index in [0.29, 0.717) is 48.1 Å². The minimum Gasteiger partial charge on any atom is -0.350 e. The van der Waals surface area contributed by atoms with E-state index in [-0.39, 0.29) is 18.3 Å². The molecule has 0 spiro atoms. The molecule has 0 radical (unpaired) electrons. The molecule has 3 aromatic rings. The molecule has 3 aromatic carbocycles. The topological polar surface area (TPSA) is 35.6 Å². The van der Waals surface area contributed by atoms with Gasteiger partial charge in [-0.2, -0.15) is 0 Å². The van der Waals surface area contributed by atoms with E-state index in [1.807, 2.05) is 12.1 Å². The van der Waals surface area contributed by atoms with Gasteiger partial charge >= 0.3 is 0 Å². The van der Waals surface area contributed by atoms with Crippen LogP contribution >= 0.6 is 23.2 Å². The molecule has 0 unspecified atom stereocenters. The molecule has 1 aliphatic heterocycles. The van der Waals surface area contributed by atoms with Crippen LogP contribution < -0.4 is 5.32 Å². The van der Waals surface area contributed by atoms with Crippen molar-refractivity contribution in [2.75, 3.05) is 26.2 Å². The summed E-state index contributed by atoms with van der Waals surface area (Å²) in [6, 6.07) is 17.1. The summed E-state index contributed by atoms with van der Waals surface area (Å²) in [5.41, 5.74) is 3.10. The van der Waals surface area contributed by atoms with Gasteiger partial charge in [-0.1, -0.05) is 47.5 Å². The first-order valence-electron chi connectivity index (χ1n) is 12.0. The minimum atomic E-state index is -0.713. The Hall–Kier alpha value is -2.51. The van der Waals surface area contributed by atoms with Gasteiger partial charge in [0.1, 0.15) is 17.2 Å². The first-order chi connectivity index (χ1) is 17.3. The maximum atomic E-state index is 13.8.